The molecule has 1 unspecified atom stereocenters. The normalized spacial score (nSPS) is 19.4. The molecule has 1 radical (unpaired) electrons. The van der Waals surface area contributed by atoms with Crippen LogP contribution in [0.2, 0.25) is 0 Å². The zero-order valence-corrected chi connectivity index (χ0v) is 18.9. The molecule has 1 heterocycles. The summed E-state index contributed by atoms with van der Waals surface area (Å²) in [4.78, 5) is 35.5. The molecule has 2 amide bonds. The molecule has 171 valence electrons. The molecule has 0 aliphatic carbocycles. The molecule has 12 heteroatoms. The van der Waals surface area contributed by atoms with E-state index in [1.165, 1.54) is 30.7 Å². The summed E-state index contributed by atoms with van der Waals surface area (Å²) < 4.78 is 50.0. The molecule has 2 rings (SSSR count). The number of rotatable bonds is 8. The zero-order valence-electron chi connectivity index (χ0n) is 17.3. The molecule has 3 N–H and O–H groups in total. The van der Waals surface area contributed by atoms with Crippen molar-refractivity contribution in [1.82, 2.24) is 9.62 Å². The fraction of sp³-hybridized carbons (Fsp3) is 0.474. The molecule has 1 aliphatic rings. The Morgan fingerprint density at radius 1 is 1.19 bits per heavy atom. The average molecular weight is 473 g/mol. The van der Waals surface area contributed by atoms with Crippen LogP contribution < -0.4 is 11.1 Å². The number of primary amides is 1. The summed E-state index contributed by atoms with van der Waals surface area (Å²) in [7, 11) is -7.49. The first-order chi connectivity index (χ1) is 14.3. The molecule has 1 saturated heterocycles. The highest BCUT2D eigenvalue weighted by atomic mass is 32.2. The third-order valence-corrected chi connectivity index (χ3v) is 7.96. The van der Waals surface area contributed by atoms with Crippen LogP contribution in [0, 0.1) is 12.3 Å². The van der Waals surface area contributed by atoms with E-state index < -0.39 is 56.0 Å². The number of nitrogens with two attached hydrogens (primary N) is 1. The third-order valence-electron chi connectivity index (χ3n) is 4.97. The van der Waals surface area contributed by atoms with E-state index in [0.29, 0.717) is 6.42 Å². The number of nitrogens with one attached hydrogen (secondary N) is 1. The van der Waals surface area contributed by atoms with E-state index in [-0.39, 0.29) is 29.2 Å². The van der Waals surface area contributed by atoms with E-state index in [0.717, 1.165) is 10.6 Å². The third kappa shape index (κ3) is 6.58. The molecule has 0 saturated carbocycles. The lowest BCUT2D eigenvalue weighted by molar-refractivity contribution is -0.126. The van der Waals surface area contributed by atoms with Gasteiger partial charge in [0.15, 0.2) is 15.6 Å². The van der Waals surface area contributed by atoms with Gasteiger partial charge in [0.1, 0.15) is 0 Å². The Bertz CT molecular complexity index is 1050. The second kappa shape index (κ2) is 9.88. The van der Waals surface area contributed by atoms with E-state index in [1.807, 2.05) is 0 Å². The maximum Gasteiger partial charge on any atom is 0.243 e. The number of sulfonamides is 1. The summed E-state index contributed by atoms with van der Waals surface area (Å²) >= 11 is 0. The van der Waals surface area contributed by atoms with Crippen molar-refractivity contribution in [3.63, 3.8) is 0 Å². The van der Waals surface area contributed by atoms with E-state index >= 15 is 0 Å². The second-order valence-electron chi connectivity index (χ2n) is 7.50. The second-order valence-corrected chi connectivity index (χ2v) is 11.4. The van der Waals surface area contributed by atoms with Gasteiger partial charge >= 0.3 is 0 Å². The van der Waals surface area contributed by atoms with Gasteiger partial charge in [-0.15, -0.1) is 0 Å². The Hall–Kier alpha value is -2.31. The van der Waals surface area contributed by atoms with Crippen LogP contribution in [0.15, 0.2) is 34.1 Å². The fourth-order valence-corrected chi connectivity index (χ4v) is 5.07. The Morgan fingerprint density at radius 2 is 1.77 bits per heavy atom. The molecule has 0 spiro atoms. The van der Waals surface area contributed by atoms with Gasteiger partial charge in [-0.05, 0) is 43.5 Å². The van der Waals surface area contributed by atoms with Crippen molar-refractivity contribution >= 4 is 37.5 Å². The summed E-state index contributed by atoms with van der Waals surface area (Å²) in [6.45, 7) is 1.24. The molecular weight excluding hydrogens is 446 g/mol. The highest BCUT2D eigenvalue weighted by Gasteiger charge is 2.33. The molecule has 31 heavy (non-hydrogen) atoms. The minimum atomic E-state index is -4.02. The van der Waals surface area contributed by atoms with Crippen molar-refractivity contribution in [3.05, 3.63) is 30.7 Å². The van der Waals surface area contributed by atoms with Crippen molar-refractivity contribution in [2.24, 2.45) is 11.7 Å². The van der Waals surface area contributed by atoms with Gasteiger partial charge in [-0.25, -0.2) is 16.8 Å². The van der Waals surface area contributed by atoms with Crippen LogP contribution in [0.5, 0.6) is 0 Å². The van der Waals surface area contributed by atoms with Crippen molar-refractivity contribution in [2.45, 2.75) is 42.0 Å². The smallest absolute Gasteiger partial charge is 0.243 e. The van der Waals surface area contributed by atoms with Gasteiger partial charge in [0.05, 0.1) is 28.8 Å². The number of Topliss-reactive ketones (excluding diaryl/α,β-unsaturated/α-hetero) is 1. The van der Waals surface area contributed by atoms with E-state index in [2.05, 4.69) is 5.32 Å². The number of ketones is 1. The van der Waals surface area contributed by atoms with E-state index in [9.17, 15) is 31.2 Å². The summed E-state index contributed by atoms with van der Waals surface area (Å²) in [5.41, 5.74) is 5.15. The number of carbonyl (C=O) groups is 3. The van der Waals surface area contributed by atoms with Crippen LogP contribution in [0.3, 0.4) is 0 Å². The number of carbonyl (C=O) groups excluding carboxylic acids is 3. The van der Waals surface area contributed by atoms with Gasteiger partial charge in [0.2, 0.25) is 21.8 Å². The van der Waals surface area contributed by atoms with E-state index in [1.54, 1.807) is 6.92 Å². The summed E-state index contributed by atoms with van der Waals surface area (Å²) in [6, 6.07) is 3.94. The fourth-order valence-electron chi connectivity index (χ4n) is 2.99. The molecule has 1 aliphatic heterocycles. The molecule has 2 atom stereocenters. The monoisotopic (exact) mass is 472 g/mol. The summed E-state index contributed by atoms with van der Waals surface area (Å²) in [5, 5.41) is 2.55. The predicted octanol–water partition coefficient (Wildman–Crippen LogP) is -0.356. The average Bonchev–Trinajstić information content (AvgIpc) is 2.87. The predicted molar refractivity (Wildman–Crippen MR) is 112 cm³/mol. The first kappa shape index (κ1) is 25.0. The van der Waals surface area contributed by atoms with Gasteiger partial charge in [-0.1, -0.05) is 6.92 Å². The molecule has 10 nitrogen and oxygen atoms in total. The lowest BCUT2D eigenvalue weighted by Gasteiger charge is -2.20. The first-order valence-corrected chi connectivity index (χ1v) is 12.9. The number of benzene rings is 1. The topological polar surface area (TPSA) is 161 Å². The maximum absolute atomic E-state index is 12.9. The summed E-state index contributed by atoms with van der Waals surface area (Å²) in [5.74, 6) is -2.05. The van der Waals surface area contributed by atoms with Crippen LogP contribution in [-0.2, 0) is 34.2 Å². The number of amides is 2. The van der Waals surface area contributed by atoms with Crippen LogP contribution in [0.25, 0.3) is 0 Å². The van der Waals surface area contributed by atoms with Gasteiger partial charge in [0.25, 0.3) is 0 Å². The highest BCUT2D eigenvalue weighted by molar-refractivity contribution is 7.90. The zero-order chi connectivity index (χ0) is 23.4. The molecule has 0 bridgehead atoms. The highest BCUT2D eigenvalue weighted by Crippen LogP contribution is 2.21. The molecular formula is C19H26N3O7S2. The largest absolute Gasteiger partial charge is 0.369 e. The first-order valence-electron chi connectivity index (χ1n) is 9.58. The Morgan fingerprint density at radius 3 is 2.32 bits per heavy atom. The van der Waals surface area contributed by atoms with Crippen molar-refractivity contribution in [2.75, 3.05) is 19.3 Å². The van der Waals surface area contributed by atoms with Crippen LogP contribution in [0.1, 0.15) is 26.2 Å². The minimum Gasteiger partial charge on any atom is -0.369 e. The molecule has 1 aromatic carbocycles. The van der Waals surface area contributed by atoms with Crippen LogP contribution in [0.4, 0.5) is 0 Å². The van der Waals surface area contributed by atoms with Crippen molar-refractivity contribution < 1.29 is 31.2 Å². The molecule has 1 fully saturated rings. The number of hydrogen-bond acceptors (Lipinski definition) is 7. The lowest BCUT2D eigenvalue weighted by atomic mass is 10.0. The van der Waals surface area contributed by atoms with Gasteiger partial charge in [-0.3, -0.25) is 14.4 Å². The number of hydrogen-bond donors (Lipinski definition) is 2. The van der Waals surface area contributed by atoms with Crippen molar-refractivity contribution in [3.8, 4) is 0 Å². The molecule has 1 aromatic rings. The maximum atomic E-state index is 12.9. The number of nitrogens with zero attached hydrogens (tertiary/aromatic N) is 1. The van der Waals surface area contributed by atoms with E-state index in [4.69, 9.17) is 5.73 Å². The van der Waals surface area contributed by atoms with Crippen molar-refractivity contribution in [1.29, 1.82) is 0 Å². The lowest BCUT2D eigenvalue weighted by Crippen LogP contribution is -2.44. The standard InChI is InChI=1S/C19H26N3O7S2/c1-13(19(20)25)5-10-18(24)21-16-4-3-11-22(12-17(16)23)31(28,29)15-8-6-14(7-9-15)30(2,26)27/h6-10,13,16H,3-5,11-12H2,1-2H3,(H2,20,25)(H,21,24)/t13?,16-/m0/s1. The number of sulfone groups is 1. The SMILES string of the molecule is CC(C[CH]C(=O)N[C@H]1CCCN(S(=O)(=O)c2ccc(S(C)(=O)=O)cc2)CC1=O)C(N)=O. The quantitative estimate of drug-likeness (QED) is 0.522. The van der Waals surface area contributed by atoms with Crippen LogP contribution >= 0.6 is 0 Å². The Kier molecular flexibility index (Phi) is 7.95. The minimum absolute atomic E-state index is 0.0110. The Balaban J connectivity index is 2.05. The van der Waals surface area contributed by atoms with Gasteiger partial charge in [-0.2, -0.15) is 4.31 Å². The molecule has 0 aromatic heterocycles. The summed E-state index contributed by atoms with van der Waals surface area (Å²) in [6.07, 6.45) is 3.00. The Labute approximate surface area is 182 Å². The van der Waals surface area contributed by atoms with Gasteiger partial charge < -0.3 is 11.1 Å². The van der Waals surface area contributed by atoms with Crippen LogP contribution in [-0.4, -0.2) is 64.1 Å². The van der Waals surface area contributed by atoms with Gasteiger partial charge in [0, 0.05) is 18.7 Å².